The molecule has 2 aliphatic heterocycles. The van der Waals surface area contributed by atoms with Crippen molar-refractivity contribution in [2.45, 2.75) is 56.7 Å². The number of ether oxygens (including phenoxy) is 3. The summed E-state index contributed by atoms with van der Waals surface area (Å²) in [5, 5.41) is 14.3. The van der Waals surface area contributed by atoms with Gasteiger partial charge in [0.25, 0.3) is 5.91 Å². The van der Waals surface area contributed by atoms with E-state index in [1.807, 2.05) is 41.3 Å². The second kappa shape index (κ2) is 16.5. The van der Waals surface area contributed by atoms with Gasteiger partial charge in [-0.05, 0) is 92.7 Å². The molecular formula is C41H47Cl2N5O6. The average Bonchev–Trinajstić information content (AvgIpc) is 3.81. The number of amides is 1. The van der Waals surface area contributed by atoms with E-state index in [1.54, 1.807) is 39.5 Å². The molecule has 1 unspecified atom stereocenters. The van der Waals surface area contributed by atoms with Crippen molar-refractivity contribution in [3.8, 4) is 17.2 Å². The number of anilines is 1. The van der Waals surface area contributed by atoms with Crippen LogP contribution >= 0.6 is 23.2 Å². The van der Waals surface area contributed by atoms with Crippen LogP contribution < -0.4 is 19.5 Å². The standard InChI is InChI=1S/C41H47Cl2N5O6/c1-51-36-21-27(22-37(52-2)38(36)53-3)39(50)47-17-6-15-41(26-47,28-9-12-32(42)33(43)23-28)16-20-46-18-13-29(14-19-46)44-40-45-34-7-4-5-8-35(34)48(40)24-30-10-11-31(25-49)54-30/h4-5,7-12,21-23,29,49H,6,13-20,24-26H2,1-3H3,(H,44,45). The van der Waals surface area contributed by atoms with Crippen LogP contribution in [0.5, 0.6) is 17.2 Å². The lowest BCUT2D eigenvalue weighted by atomic mass is 9.71. The third-order valence-electron chi connectivity index (χ3n) is 11.0. The Hall–Kier alpha value is -4.42. The molecular weight excluding hydrogens is 729 g/mol. The number of carbonyl (C=O) groups excluding carboxylic acids is 1. The number of hydrogen-bond acceptors (Lipinski definition) is 9. The third-order valence-corrected chi connectivity index (χ3v) is 11.7. The van der Waals surface area contributed by atoms with Crippen LogP contribution in [0.4, 0.5) is 5.95 Å². The summed E-state index contributed by atoms with van der Waals surface area (Å²) in [6.07, 6.45) is 4.56. The molecule has 13 heteroatoms. The first kappa shape index (κ1) is 37.9. The minimum absolute atomic E-state index is 0.0859. The van der Waals surface area contributed by atoms with Crippen molar-refractivity contribution in [2.24, 2.45) is 0 Å². The van der Waals surface area contributed by atoms with Crippen molar-refractivity contribution in [3.05, 3.63) is 99.4 Å². The number of carbonyl (C=O) groups is 1. The van der Waals surface area contributed by atoms with Crippen LogP contribution in [0.2, 0.25) is 10.0 Å². The number of halogens is 2. The lowest BCUT2D eigenvalue weighted by Crippen LogP contribution is -2.50. The first-order valence-corrected chi connectivity index (χ1v) is 19.2. The molecule has 1 atom stereocenters. The number of fused-ring (bicyclic) bond motifs is 1. The molecule has 0 aliphatic carbocycles. The van der Waals surface area contributed by atoms with Gasteiger partial charge in [-0.25, -0.2) is 4.98 Å². The minimum Gasteiger partial charge on any atom is -0.493 e. The SMILES string of the molecule is COc1cc(C(=O)N2CCCC(CCN3CCC(Nc4nc5ccccc5n4Cc4ccc(CO)o4)CC3)(c3ccc(Cl)c(Cl)c3)C2)cc(OC)c1OC. The highest BCUT2D eigenvalue weighted by Crippen LogP contribution is 2.42. The van der Waals surface area contributed by atoms with Gasteiger partial charge < -0.3 is 43.4 Å². The monoisotopic (exact) mass is 775 g/mol. The van der Waals surface area contributed by atoms with Crippen molar-refractivity contribution in [3.63, 3.8) is 0 Å². The average molecular weight is 777 g/mol. The van der Waals surface area contributed by atoms with E-state index in [0.717, 1.165) is 80.0 Å². The number of imidazole rings is 1. The number of aliphatic hydroxyl groups is 1. The Morgan fingerprint density at radius 3 is 2.37 bits per heavy atom. The zero-order valence-electron chi connectivity index (χ0n) is 30.9. The van der Waals surface area contributed by atoms with E-state index in [2.05, 4.69) is 26.9 Å². The Morgan fingerprint density at radius 2 is 1.69 bits per heavy atom. The number of likely N-dealkylation sites (tertiary alicyclic amines) is 2. The summed E-state index contributed by atoms with van der Waals surface area (Å²) in [6.45, 7) is 4.31. The van der Waals surface area contributed by atoms with Crippen LogP contribution in [-0.4, -0.2) is 90.5 Å². The molecule has 2 aromatic heterocycles. The molecule has 54 heavy (non-hydrogen) atoms. The van der Waals surface area contributed by atoms with Crippen LogP contribution in [0.1, 0.15) is 59.5 Å². The maximum atomic E-state index is 14.2. The number of methoxy groups -OCH3 is 3. The van der Waals surface area contributed by atoms with E-state index in [-0.39, 0.29) is 24.0 Å². The molecule has 0 bridgehead atoms. The summed E-state index contributed by atoms with van der Waals surface area (Å²) in [5.41, 5.74) is 3.21. The van der Waals surface area contributed by atoms with Crippen molar-refractivity contribution in [1.82, 2.24) is 19.4 Å². The number of aromatic nitrogens is 2. The number of rotatable bonds is 13. The maximum Gasteiger partial charge on any atom is 0.254 e. The molecule has 2 fully saturated rings. The van der Waals surface area contributed by atoms with Gasteiger partial charge in [-0.2, -0.15) is 0 Å². The number of benzene rings is 3. The van der Waals surface area contributed by atoms with Gasteiger partial charge >= 0.3 is 0 Å². The number of piperidine rings is 2. The van der Waals surface area contributed by atoms with Gasteiger partial charge in [0.05, 0.1) is 49.0 Å². The van der Waals surface area contributed by atoms with E-state index < -0.39 is 0 Å². The fraction of sp³-hybridized carbons (Fsp3) is 0.415. The minimum atomic E-state index is -0.315. The lowest BCUT2D eigenvalue weighted by molar-refractivity contribution is 0.0606. The van der Waals surface area contributed by atoms with Gasteiger partial charge in [0.2, 0.25) is 11.7 Å². The first-order chi connectivity index (χ1) is 26.2. The Bertz CT molecular complexity index is 2070. The van der Waals surface area contributed by atoms with Crippen molar-refractivity contribution < 1.29 is 28.5 Å². The molecule has 2 N–H and O–H groups in total. The van der Waals surface area contributed by atoms with Gasteiger partial charge in [0.1, 0.15) is 18.1 Å². The van der Waals surface area contributed by atoms with Gasteiger partial charge in [-0.15, -0.1) is 0 Å². The highest BCUT2D eigenvalue weighted by Gasteiger charge is 2.40. The van der Waals surface area contributed by atoms with Crippen molar-refractivity contribution >= 4 is 46.1 Å². The maximum absolute atomic E-state index is 14.2. The Kier molecular flexibility index (Phi) is 11.6. The second-order valence-corrected chi connectivity index (χ2v) is 15.0. The Labute approximate surface area is 325 Å². The number of nitrogens with one attached hydrogen (secondary N) is 1. The molecule has 286 valence electrons. The van der Waals surface area contributed by atoms with Crippen LogP contribution in [-0.2, 0) is 18.6 Å². The summed E-state index contributed by atoms with van der Waals surface area (Å²) in [4.78, 5) is 23.6. The lowest BCUT2D eigenvalue weighted by Gasteiger charge is -2.45. The smallest absolute Gasteiger partial charge is 0.254 e. The van der Waals surface area contributed by atoms with Crippen LogP contribution in [0.25, 0.3) is 11.0 Å². The van der Waals surface area contributed by atoms with Gasteiger partial charge in [-0.3, -0.25) is 4.79 Å². The quantitative estimate of drug-likeness (QED) is 0.125. The summed E-state index contributed by atoms with van der Waals surface area (Å²) in [5.74, 6) is 3.37. The molecule has 0 radical (unpaired) electrons. The summed E-state index contributed by atoms with van der Waals surface area (Å²) in [7, 11) is 4.65. The van der Waals surface area contributed by atoms with Crippen LogP contribution in [0.15, 0.2) is 71.1 Å². The molecule has 3 aromatic carbocycles. The molecule has 2 saturated heterocycles. The Morgan fingerprint density at radius 1 is 0.944 bits per heavy atom. The van der Waals surface area contributed by atoms with Gasteiger partial charge in [0, 0.05) is 43.2 Å². The fourth-order valence-electron chi connectivity index (χ4n) is 8.05. The zero-order valence-corrected chi connectivity index (χ0v) is 32.5. The molecule has 0 saturated carbocycles. The highest BCUT2D eigenvalue weighted by atomic mass is 35.5. The molecule has 7 rings (SSSR count). The van der Waals surface area contributed by atoms with Crippen LogP contribution in [0, 0.1) is 0 Å². The van der Waals surface area contributed by atoms with E-state index in [0.29, 0.717) is 58.3 Å². The predicted octanol–water partition coefficient (Wildman–Crippen LogP) is 7.64. The van der Waals surface area contributed by atoms with Crippen molar-refractivity contribution in [1.29, 1.82) is 0 Å². The topological polar surface area (TPSA) is 114 Å². The van der Waals surface area contributed by atoms with E-state index >= 15 is 0 Å². The number of hydrogen-bond donors (Lipinski definition) is 2. The van der Waals surface area contributed by atoms with Gasteiger partial charge in [0.15, 0.2) is 11.5 Å². The highest BCUT2D eigenvalue weighted by molar-refractivity contribution is 6.42. The first-order valence-electron chi connectivity index (χ1n) is 18.4. The predicted molar refractivity (Wildman–Crippen MR) is 211 cm³/mol. The van der Waals surface area contributed by atoms with Gasteiger partial charge in [-0.1, -0.05) is 41.4 Å². The molecule has 5 aromatic rings. The molecule has 11 nitrogen and oxygen atoms in total. The molecule has 1 amide bonds. The summed E-state index contributed by atoms with van der Waals surface area (Å²) in [6, 6.07) is 21.4. The van der Waals surface area contributed by atoms with Crippen LogP contribution in [0.3, 0.4) is 0 Å². The molecule has 0 spiro atoms. The fourth-order valence-corrected chi connectivity index (χ4v) is 8.35. The third kappa shape index (κ3) is 7.86. The number of furan rings is 1. The van der Waals surface area contributed by atoms with E-state index in [1.165, 1.54) is 0 Å². The molecule has 2 aliphatic rings. The number of nitrogens with zero attached hydrogens (tertiary/aromatic N) is 4. The molecule has 4 heterocycles. The Balaban J connectivity index is 1.05. The summed E-state index contributed by atoms with van der Waals surface area (Å²) < 4.78 is 24.6. The summed E-state index contributed by atoms with van der Waals surface area (Å²) >= 11 is 13.0. The normalized spacial score (nSPS) is 18.2. The van der Waals surface area contributed by atoms with E-state index in [4.69, 9.17) is 46.8 Å². The van der Waals surface area contributed by atoms with E-state index in [9.17, 15) is 9.90 Å². The van der Waals surface area contributed by atoms with Crippen molar-refractivity contribution in [2.75, 3.05) is 59.4 Å². The largest absolute Gasteiger partial charge is 0.493 e. The number of aliphatic hydroxyl groups excluding tert-OH is 1. The number of para-hydroxylation sites is 2. The second-order valence-electron chi connectivity index (χ2n) is 14.2. The zero-order chi connectivity index (χ0) is 37.8.